The molecule has 1 atom stereocenters. The van der Waals surface area contributed by atoms with E-state index in [-0.39, 0.29) is 11.8 Å². The van der Waals surface area contributed by atoms with E-state index in [1.54, 1.807) is 17.4 Å². The van der Waals surface area contributed by atoms with E-state index in [2.05, 4.69) is 10.3 Å². The molecule has 0 radical (unpaired) electrons. The first-order valence-corrected chi connectivity index (χ1v) is 7.71. The molecule has 2 aromatic heterocycles. The van der Waals surface area contributed by atoms with Crippen molar-refractivity contribution in [3.63, 3.8) is 0 Å². The van der Waals surface area contributed by atoms with Gasteiger partial charge in [-0.25, -0.2) is 0 Å². The largest absolute Gasteiger partial charge is 0.420 e. The maximum atomic E-state index is 9.11. The summed E-state index contributed by atoms with van der Waals surface area (Å²) in [5.41, 5.74) is 0.277. The molecule has 1 saturated heterocycles. The van der Waals surface area contributed by atoms with Gasteiger partial charge in [0.1, 0.15) is 6.07 Å². The van der Waals surface area contributed by atoms with Crippen molar-refractivity contribution in [3.8, 4) is 6.07 Å². The van der Waals surface area contributed by atoms with Gasteiger partial charge in [0.25, 0.3) is 0 Å². The summed E-state index contributed by atoms with van der Waals surface area (Å²) in [4.78, 5) is 5.27. The fourth-order valence-electron chi connectivity index (χ4n) is 2.15. The van der Waals surface area contributed by atoms with Gasteiger partial charge in [-0.2, -0.15) is 10.2 Å². The van der Waals surface area contributed by atoms with Gasteiger partial charge >= 0.3 is 0 Å². The van der Waals surface area contributed by atoms with Gasteiger partial charge in [0, 0.05) is 24.1 Å². The third-order valence-electron chi connectivity index (χ3n) is 3.20. The summed E-state index contributed by atoms with van der Waals surface area (Å²) in [6.45, 7) is 1.45. The molecule has 108 valence electrons. The molecule has 6 heteroatoms. The lowest BCUT2D eigenvalue weighted by Gasteiger charge is -2.09. The summed E-state index contributed by atoms with van der Waals surface area (Å²) >= 11 is 1.63. The molecular formula is C15H15N3O2S. The number of nitrogens with one attached hydrogen (secondary N) is 1. The van der Waals surface area contributed by atoms with Crippen molar-refractivity contribution in [1.82, 2.24) is 4.98 Å². The summed E-state index contributed by atoms with van der Waals surface area (Å²) in [6.07, 6.45) is 5.99. The average molecular weight is 301 g/mol. The first-order chi connectivity index (χ1) is 10.3. The second-order valence-corrected chi connectivity index (χ2v) is 5.69. The second kappa shape index (κ2) is 6.57. The molecule has 0 aliphatic carbocycles. The normalized spacial score (nSPS) is 18.1. The summed E-state index contributed by atoms with van der Waals surface area (Å²) in [7, 11) is 0. The summed E-state index contributed by atoms with van der Waals surface area (Å²) in [6, 6.07) is 6.03. The van der Waals surface area contributed by atoms with Crippen molar-refractivity contribution < 1.29 is 9.15 Å². The van der Waals surface area contributed by atoms with Crippen LogP contribution in [0.4, 0.5) is 5.88 Å². The lowest BCUT2D eigenvalue weighted by molar-refractivity contribution is 0.120. The molecule has 1 fully saturated rings. The van der Waals surface area contributed by atoms with Crippen LogP contribution in [0.3, 0.4) is 0 Å². The molecule has 0 bridgehead atoms. The Morgan fingerprint density at radius 3 is 3.19 bits per heavy atom. The van der Waals surface area contributed by atoms with Crippen LogP contribution in [0.25, 0.3) is 12.2 Å². The highest BCUT2D eigenvalue weighted by atomic mass is 32.1. The van der Waals surface area contributed by atoms with Crippen molar-refractivity contribution in [3.05, 3.63) is 34.0 Å². The number of anilines is 1. The minimum atomic E-state index is 0.187. The SMILES string of the molecule is N#Cc1nc(/C=C/c2cccs2)oc1NC[C@H]1CCCO1. The van der Waals surface area contributed by atoms with Crippen molar-refractivity contribution in [1.29, 1.82) is 5.26 Å². The maximum Gasteiger partial charge on any atom is 0.232 e. The molecule has 0 amide bonds. The van der Waals surface area contributed by atoms with E-state index in [1.165, 1.54) is 0 Å². The Kier molecular flexibility index (Phi) is 4.34. The van der Waals surface area contributed by atoms with Crippen LogP contribution in [0, 0.1) is 11.3 Å². The molecule has 0 aromatic carbocycles. The van der Waals surface area contributed by atoms with Crippen molar-refractivity contribution in [2.24, 2.45) is 0 Å². The van der Waals surface area contributed by atoms with Crippen LogP contribution in [0.2, 0.25) is 0 Å². The van der Waals surface area contributed by atoms with Gasteiger partial charge in [-0.1, -0.05) is 6.07 Å². The monoisotopic (exact) mass is 301 g/mol. The van der Waals surface area contributed by atoms with Crippen LogP contribution in [-0.2, 0) is 4.74 Å². The standard InChI is InChI=1S/C15H15N3O2S/c16-9-13-15(17-10-11-3-1-7-19-11)20-14(18-13)6-5-12-4-2-8-21-12/h2,4-6,8,11,17H,1,3,7,10H2/b6-5+/t11-/m1/s1. The lowest BCUT2D eigenvalue weighted by atomic mass is 10.2. The molecule has 0 saturated carbocycles. The van der Waals surface area contributed by atoms with E-state index in [9.17, 15) is 0 Å². The van der Waals surface area contributed by atoms with E-state index >= 15 is 0 Å². The Balaban J connectivity index is 1.67. The lowest BCUT2D eigenvalue weighted by Crippen LogP contribution is -2.18. The van der Waals surface area contributed by atoms with Crippen LogP contribution in [0.5, 0.6) is 0 Å². The van der Waals surface area contributed by atoms with Gasteiger partial charge in [0.2, 0.25) is 17.5 Å². The van der Waals surface area contributed by atoms with E-state index in [0.717, 1.165) is 24.3 Å². The Morgan fingerprint density at radius 2 is 2.48 bits per heavy atom. The molecule has 5 nitrogen and oxygen atoms in total. The number of hydrogen-bond donors (Lipinski definition) is 1. The van der Waals surface area contributed by atoms with Crippen molar-refractivity contribution >= 4 is 29.4 Å². The Morgan fingerprint density at radius 1 is 1.52 bits per heavy atom. The van der Waals surface area contributed by atoms with E-state index in [0.29, 0.717) is 18.3 Å². The summed E-state index contributed by atoms with van der Waals surface area (Å²) in [5.74, 6) is 0.841. The first-order valence-electron chi connectivity index (χ1n) is 6.83. The Labute approximate surface area is 126 Å². The smallest absolute Gasteiger partial charge is 0.232 e. The van der Waals surface area contributed by atoms with Crippen LogP contribution in [0.15, 0.2) is 21.9 Å². The molecule has 1 N–H and O–H groups in total. The number of oxazole rings is 1. The van der Waals surface area contributed by atoms with Crippen LogP contribution in [0.1, 0.15) is 29.3 Å². The Hall–Kier alpha value is -2.10. The van der Waals surface area contributed by atoms with E-state index in [4.69, 9.17) is 14.4 Å². The van der Waals surface area contributed by atoms with Gasteiger partial charge < -0.3 is 14.5 Å². The molecule has 0 unspecified atom stereocenters. The minimum absolute atomic E-state index is 0.187. The van der Waals surface area contributed by atoms with E-state index in [1.807, 2.05) is 29.7 Å². The fraction of sp³-hybridized carbons (Fsp3) is 0.333. The quantitative estimate of drug-likeness (QED) is 0.916. The molecular weight excluding hydrogens is 286 g/mol. The molecule has 1 aliphatic rings. The van der Waals surface area contributed by atoms with Crippen molar-refractivity contribution in [2.45, 2.75) is 18.9 Å². The van der Waals surface area contributed by atoms with Crippen LogP contribution in [-0.4, -0.2) is 24.2 Å². The van der Waals surface area contributed by atoms with Gasteiger partial charge in [-0.3, -0.25) is 0 Å². The zero-order valence-electron chi connectivity index (χ0n) is 11.4. The number of nitrogens with zero attached hydrogens (tertiary/aromatic N) is 2. The highest BCUT2D eigenvalue weighted by Gasteiger charge is 2.17. The third-order valence-corrected chi connectivity index (χ3v) is 4.03. The first kappa shape index (κ1) is 13.9. The maximum absolute atomic E-state index is 9.11. The highest BCUT2D eigenvalue weighted by molar-refractivity contribution is 7.10. The fourth-order valence-corrected chi connectivity index (χ4v) is 2.77. The minimum Gasteiger partial charge on any atom is -0.420 e. The Bertz CT molecular complexity index is 649. The van der Waals surface area contributed by atoms with Crippen molar-refractivity contribution in [2.75, 3.05) is 18.5 Å². The number of hydrogen-bond acceptors (Lipinski definition) is 6. The predicted octanol–water partition coefficient (Wildman–Crippen LogP) is 3.37. The highest BCUT2D eigenvalue weighted by Crippen LogP contribution is 2.20. The topological polar surface area (TPSA) is 71.1 Å². The summed E-state index contributed by atoms with van der Waals surface area (Å²) in [5, 5.41) is 14.2. The van der Waals surface area contributed by atoms with Gasteiger partial charge in [0.15, 0.2) is 0 Å². The summed E-state index contributed by atoms with van der Waals surface area (Å²) < 4.78 is 11.1. The number of aromatic nitrogens is 1. The zero-order chi connectivity index (χ0) is 14.5. The third kappa shape index (κ3) is 3.51. The second-order valence-electron chi connectivity index (χ2n) is 4.71. The molecule has 2 aromatic rings. The number of rotatable bonds is 5. The van der Waals surface area contributed by atoms with Gasteiger partial charge in [-0.05, 0) is 30.4 Å². The predicted molar refractivity (Wildman–Crippen MR) is 81.9 cm³/mol. The number of ether oxygens (including phenoxy) is 1. The van der Waals surface area contributed by atoms with Crippen LogP contribution < -0.4 is 5.32 Å². The van der Waals surface area contributed by atoms with Crippen LogP contribution >= 0.6 is 11.3 Å². The molecule has 21 heavy (non-hydrogen) atoms. The van der Waals surface area contributed by atoms with E-state index < -0.39 is 0 Å². The molecule has 3 rings (SSSR count). The molecule has 0 spiro atoms. The number of thiophene rings is 1. The molecule has 3 heterocycles. The van der Waals surface area contributed by atoms with Gasteiger partial charge in [-0.15, -0.1) is 11.3 Å². The zero-order valence-corrected chi connectivity index (χ0v) is 12.2. The average Bonchev–Trinajstić information content (AvgIpc) is 3.23. The van der Waals surface area contributed by atoms with Gasteiger partial charge in [0.05, 0.1) is 6.10 Å². The number of nitriles is 1. The molecule has 1 aliphatic heterocycles.